The molecule has 0 spiro atoms. The molecule has 0 N–H and O–H groups in total. The van der Waals surface area contributed by atoms with Gasteiger partial charge in [-0.05, 0) is 41.8 Å². The van der Waals surface area contributed by atoms with E-state index in [1.165, 1.54) is 5.56 Å². The van der Waals surface area contributed by atoms with E-state index in [0.717, 1.165) is 29.3 Å². The van der Waals surface area contributed by atoms with Crippen LogP contribution in [0.3, 0.4) is 0 Å². The molecule has 0 radical (unpaired) electrons. The van der Waals surface area contributed by atoms with Crippen LogP contribution < -0.4 is 0 Å². The lowest BCUT2D eigenvalue weighted by molar-refractivity contribution is 0.635. The summed E-state index contributed by atoms with van der Waals surface area (Å²) in [6.45, 7) is 0.924. The van der Waals surface area contributed by atoms with Crippen molar-refractivity contribution in [2.75, 3.05) is 5.75 Å². The number of halogens is 3. The van der Waals surface area contributed by atoms with Gasteiger partial charge in [-0.25, -0.2) is 4.98 Å². The molecule has 6 heteroatoms. The Morgan fingerprint density at radius 2 is 1.81 bits per heavy atom. The van der Waals surface area contributed by atoms with Crippen LogP contribution in [0.15, 0.2) is 67.3 Å². The number of aryl methyl sites for hydroxylation is 1. The van der Waals surface area contributed by atoms with E-state index in [4.69, 9.17) is 34.8 Å². The monoisotopic (exact) mass is 436 g/mol. The molecule has 0 fully saturated rings. The molecule has 0 aliphatic rings. The van der Waals surface area contributed by atoms with Crippen molar-refractivity contribution in [3.8, 4) is 0 Å². The molecule has 2 aromatic carbocycles. The van der Waals surface area contributed by atoms with Crippen LogP contribution in [0, 0.1) is 0 Å². The zero-order chi connectivity index (χ0) is 19.1. The Balaban J connectivity index is 1.63. The van der Waals surface area contributed by atoms with Gasteiger partial charge in [0, 0.05) is 45.0 Å². The molecule has 2 nitrogen and oxygen atoms in total. The Kier molecular flexibility index (Phi) is 7.71. The molecular weight excluding hydrogens is 419 g/mol. The maximum atomic E-state index is 6.22. The summed E-state index contributed by atoms with van der Waals surface area (Å²) in [5.41, 5.74) is 2.26. The van der Waals surface area contributed by atoms with Gasteiger partial charge in [-0.15, -0.1) is 11.8 Å². The Morgan fingerprint density at radius 3 is 2.52 bits per heavy atom. The third kappa shape index (κ3) is 6.32. The highest BCUT2D eigenvalue weighted by atomic mass is 35.5. The average Bonchev–Trinajstić information content (AvgIpc) is 3.17. The van der Waals surface area contributed by atoms with Crippen molar-refractivity contribution in [1.29, 1.82) is 0 Å². The van der Waals surface area contributed by atoms with Gasteiger partial charge in [-0.3, -0.25) is 0 Å². The zero-order valence-electron chi connectivity index (χ0n) is 14.6. The summed E-state index contributed by atoms with van der Waals surface area (Å²) in [7, 11) is 0. The largest absolute Gasteiger partial charge is 0.337 e. The third-order valence-electron chi connectivity index (χ3n) is 4.10. The Morgan fingerprint density at radius 1 is 1.04 bits per heavy atom. The number of hydrogen-bond donors (Lipinski definition) is 0. The summed E-state index contributed by atoms with van der Waals surface area (Å²) in [5, 5.41) is 2.44. The van der Waals surface area contributed by atoms with Crippen LogP contribution >= 0.6 is 46.6 Å². The van der Waals surface area contributed by atoms with Gasteiger partial charge in [0.05, 0.1) is 6.33 Å². The van der Waals surface area contributed by atoms with Gasteiger partial charge in [-0.2, -0.15) is 0 Å². The van der Waals surface area contributed by atoms with Crippen molar-refractivity contribution in [2.24, 2.45) is 0 Å². The van der Waals surface area contributed by atoms with Crippen LogP contribution in [0.25, 0.3) is 6.08 Å². The van der Waals surface area contributed by atoms with Gasteiger partial charge in [0.25, 0.3) is 0 Å². The highest BCUT2D eigenvalue weighted by Crippen LogP contribution is 2.33. The molecule has 27 heavy (non-hydrogen) atoms. The van der Waals surface area contributed by atoms with Crippen molar-refractivity contribution in [1.82, 2.24) is 9.55 Å². The number of thioether (sulfide) groups is 1. The standard InChI is InChI=1S/C21H19Cl3N2S/c22-18-6-4-17(5-7-18)21(9-11-26-12-10-25-15-26)27-13-1-2-16-3-8-19(23)14-20(16)24/h1-8,10,12,14-15,21H,9,11,13H2/b2-1+. The highest BCUT2D eigenvalue weighted by molar-refractivity contribution is 7.99. The van der Waals surface area contributed by atoms with Crippen molar-refractivity contribution >= 4 is 52.6 Å². The molecule has 1 unspecified atom stereocenters. The summed E-state index contributed by atoms with van der Waals surface area (Å²) in [4.78, 5) is 4.11. The lowest BCUT2D eigenvalue weighted by atomic mass is 10.1. The molecule has 3 aromatic rings. The van der Waals surface area contributed by atoms with Crippen molar-refractivity contribution < 1.29 is 0 Å². The van der Waals surface area contributed by atoms with Crippen molar-refractivity contribution in [3.05, 3.63) is 93.5 Å². The van der Waals surface area contributed by atoms with Crippen LogP contribution in [-0.4, -0.2) is 15.3 Å². The number of imidazole rings is 1. The van der Waals surface area contributed by atoms with E-state index >= 15 is 0 Å². The van der Waals surface area contributed by atoms with E-state index in [0.29, 0.717) is 15.3 Å². The van der Waals surface area contributed by atoms with E-state index in [2.05, 4.69) is 27.8 Å². The van der Waals surface area contributed by atoms with Gasteiger partial charge in [0.15, 0.2) is 0 Å². The normalized spacial score (nSPS) is 12.6. The second-order valence-corrected chi connectivity index (χ2v) is 8.55. The van der Waals surface area contributed by atoms with Crippen LogP contribution in [-0.2, 0) is 6.54 Å². The average molecular weight is 438 g/mol. The molecule has 140 valence electrons. The van der Waals surface area contributed by atoms with Gasteiger partial charge >= 0.3 is 0 Å². The lowest BCUT2D eigenvalue weighted by Crippen LogP contribution is -2.02. The first kappa shape index (κ1) is 20.3. The fourth-order valence-electron chi connectivity index (χ4n) is 2.69. The number of benzene rings is 2. The predicted molar refractivity (Wildman–Crippen MR) is 119 cm³/mol. The first-order chi connectivity index (χ1) is 13.1. The molecule has 1 heterocycles. The third-order valence-corrected chi connectivity index (χ3v) is 6.21. The summed E-state index contributed by atoms with van der Waals surface area (Å²) in [6, 6.07) is 13.7. The topological polar surface area (TPSA) is 17.8 Å². The maximum Gasteiger partial charge on any atom is 0.0945 e. The maximum absolute atomic E-state index is 6.22. The van der Waals surface area contributed by atoms with Crippen LogP contribution in [0.2, 0.25) is 15.1 Å². The first-order valence-electron chi connectivity index (χ1n) is 8.56. The minimum absolute atomic E-state index is 0.370. The summed E-state index contributed by atoms with van der Waals surface area (Å²) in [6.07, 6.45) is 10.8. The predicted octanol–water partition coefficient (Wildman–Crippen LogP) is 7.42. The number of hydrogen-bond acceptors (Lipinski definition) is 2. The Labute approximate surface area is 179 Å². The second-order valence-electron chi connectivity index (χ2n) is 6.03. The molecule has 0 aliphatic heterocycles. The summed E-state index contributed by atoms with van der Waals surface area (Å²) >= 11 is 20.1. The number of aromatic nitrogens is 2. The molecule has 3 rings (SSSR count). The van der Waals surface area contributed by atoms with Crippen LogP contribution in [0.5, 0.6) is 0 Å². The minimum Gasteiger partial charge on any atom is -0.337 e. The zero-order valence-corrected chi connectivity index (χ0v) is 17.6. The fraction of sp³-hybridized carbons (Fsp3) is 0.190. The highest BCUT2D eigenvalue weighted by Gasteiger charge is 2.12. The summed E-state index contributed by atoms with van der Waals surface area (Å²) in [5.74, 6) is 0.885. The van der Waals surface area contributed by atoms with Crippen LogP contribution in [0.1, 0.15) is 22.8 Å². The Hall–Kier alpha value is -1.39. The molecule has 1 aromatic heterocycles. The van der Waals surface area contributed by atoms with Gasteiger partial charge in [0.1, 0.15) is 0 Å². The van der Waals surface area contributed by atoms with Gasteiger partial charge < -0.3 is 4.57 Å². The number of nitrogens with zero attached hydrogens (tertiary/aromatic N) is 2. The van der Waals surface area contributed by atoms with Gasteiger partial charge in [-0.1, -0.05) is 65.2 Å². The van der Waals surface area contributed by atoms with E-state index in [1.54, 1.807) is 6.07 Å². The molecule has 0 saturated carbocycles. The van der Waals surface area contributed by atoms with Gasteiger partial charge in [0.2, 0.25) is 0 Å². The van der Waals surface area contributed by atoms with E-state index < -0.39 is 0 Å². The molecule has 0 saturated heterocycles. The quantitative estimate of drug-likeness (QED) is 0.365. The molecule has 0 bridgehead atoms. The van der Waals surface area contributed by atoms with Crippen LogP contribution in [0.4, 0.5) is 0 Å². The Bertz CT molecular complexity index is 877. The van der Waals surface area contributed by atoms with E-state index in [1.807, 2.05) is 60.8 Å². The van der Waals surface area contributed by atoms with Crippen molar-refractivity contribution in [2.45, 2.75) is 18.2 Å². The SMILES string of the molecule is Clc1ccc(C(CCn2ccnc2)SC/C=C/c2ccc(Cl)cc2Cl)cc1. The smallest absolute Gasteiger partial charge is 0.0945 e. The van der Waals surface area contributed by atoms with Crippen molar-refractivity contribution in [3.63, 3.8) is 0 Å². The second kappa shape index (κ2) is 10.2. The summed E-state index contributed by atoms with van der Waals surface area (Å²) < 4.78 is 2.10. The number of rotatable bonds is 8. The fourth-order valence-corrected chi connectivity index (χ4v) is 4.35. The molecule has 0 amide bonds. The van der Waals surface area contributed by atoms with E-state index in [-0.39, 0.29) is 0 Å². The molecule has 1 atom stereocenters. The molecule has 0 aliphatic carbocycles. The molecular formula is C21H19Cl3N2S. The van der Waals surface area contributed by atoms with E-state index in [9.17, 15) is 0 Å². The lowest BCUT2D eigenvalue weighted by Gasteiger charge is -2.17. The first-order valence-corrected chi connectivity index (χ1v) is 10.7. The minimum atomic E-state index is 0.370.